The molecular weight excluding hydrogens is 344 g/mol. The predicted octanol–water partition coefficient (Wildman–Crippen LogP) is 1.63. The molecule has 1 aromatic rings. The molecular formula is C17H26N2O5S. The molecule has 0 saturated carbocycles. The van der Waals surface area contributed by atoms with Crippen LogP contribution in [0.25, 0.3) is 0 Å². The molecule has 0 unspecified atom stereocenters. The van der Waals surface area contributed by atoms with Crippen molar-refractivity contribution in [2.75, 3.05) is 33.9 Å². The molecule has 1 aromatic carbocycles. The minimum atomic E-state index is -3.61. The lowest BCUT2D eigenvalue weighted by molar-refractivity contribution is 0.0902. The highest BCUT2D eigenvalue weighted by Crippen LogP contribution is 2.26. The van der Waals surface area contributed by atoms with E-state index in [9.17, 15) is 13.2 Å². The van der Waals surface area contributed by atoms with E-state index in [1.807, 2.05) is 6.92 Å². The minimum Gasteiger partial charge on any atom is -0.496 e. The van der Waals surface area contributed by atoms with Crippen molar-refractivity contribution < 1.29 is 22.7 Å². The van der Waals surface area contributed by atoms with Crippen LogP contribution in [0.5, 0.6) is 5.75 Å². The Morgan fingerprint density at radius 1 is 1.24 bits per heavy atom. The van der Waals surface area contributed by atoms with E-state index < -0.39 is 15.9 Å². The van der Waals surface area contributed by atoms with E-state index in [1.165, 1.54) is 29.6 Å². The molecule has 25 heavy (non-hydrogen) atoms. The number of hydrogen-bond donors (Lipinski definition) is 1. The second kappa shape index (κ2) is 8.64. The van der Waals surface area contributed by atoms with Crippen molar-refractivity contribution in [3.8, 4) is 5.75 Å². The summed E-state index contributed by atoms with van der Waals surface area (Å²) >= 11 is 0. The molecule has 1 aliphatic heterocycles. The summed E-state index contributed by atoms with van der Waals surface area (Å²) in [7, 11) is -0.610. The van der Waals surface area contributed by atoms with Crippen molar-refractivity contribution in [1.82, 2.24) is 9.62 Å². The number of amides is 1. The van der Waals surface area contributed by atoms with Gasteiger partial charge in [-0.2, -0.15) is 4.31 Å². The first-order valence-corrected chi connectivity index (χ1v) is 9.82. The van der Waals surface area contributed by atoms with Gasteiger partial charge in [0.2, 0.25) is 10.0 Å². The van der Waals surface area contributed by atoms with Gasteiger partial charge < -0.3 is 14.8 Å². The quantitative estimate of drug-likeness (QED) is 0.789. The van der Waals surface area contributed by atoms with Gasteiger partial charge in [-0.05, 0) is 38.0 Å². The van der Waals surface area contributed by atoms with Gasteiger partial charge in [0, 0.05) is 26.2 Å². The molecule has 1 N–H and O–H groups in total. The van der Waals surface area contributed by atoms with Crippen LogP contribution in [0.15, 0.2) is 23.1 Å². The molecule has 8 heteroatoms. The number of carbonyl (C=O) groups excluding carboxylic acids is 1. The van der Waals surface area contributed by atoms with Crippen molar-refractivity contribution in [1.29, 1.82) is 0 Å². The summed E-state index contributed by atoms with van der Waals surface area (Å²) in [6.07, 6.45) is 2.76. The fourth-order valence-corrected chi connectivity index (χ4v) is 4.42. The lowest BCUT2D eigenvalue weighted by atomic mass is 10.1. The Bertz CT molecular complexity index is 699. The van der Waals surface area contributed by atoms with Crippen LogP contribution in [0.3, 0.4) is 0 Å². The zero-order valence-corrected chi connectivity index (χ0v) is 15.8. The molecule has 1 atom stereocenters. The van der Waals surface area contributed by atoms with Crippen molar-refractivity contribution >= 4 is 15.9 Å². The first-order valence-electron chi connectivity index (χ1n) is 8.38. The van der Waals surface area contributed by atoms with Crippen LogP contribution in [-0.2, 0) is 14.8 Å². The second-order valence-electron chi connectivity index (χ2n) is 6.16. The fourth-order valence-electron chi connectivity index (χ4n) is 2.87. The van der Waals surface area contributed by atoms with Crippen LogP contribution in [0.4, 0.5) is 0 Å². The highest BCUT2D eigenvalue weighted by Gasteiger charge is 2.27. The molecule has 0 radical (unpaired) electrons. The summed E-state index contributed by atoms with van der Waals surface area (Å²) in [4.78, 5) is 12.6. The Morgan fingerprint density at radius 2 is 1.92 bits per heavy atom. The summed E-state index contributed by atoms with van der Waals surface area (Å²) in [6.45, 7) is 3.20. The zero-order valence-electron chi connectivity index (χ0n) is 14.9. The molecule has 7 nitrogen and oxygen atoms in total. The number of nitrogens with zero attached hydrogens (tertiary/aromatic N) is 1. The topological polar surface area (TPSA) is 84.9 Å². The molecule has 1 heterocycles. The number of piperidine rings is 1. The van der Waals surface area contributed by atoms with Gasteiger partial charge in [-0.3, -0.25) is 4.79 Å². The molecule has 2 rings (SSSR count). The van der Waals surface area contributed by atoms with Gasteiger partial charge in [0.25, 0.3) is 5.91 Å². The molecule has 0 aromatic heterocycles. The Balaban J connectivity index is 2.31. The Morgan fingerprint density at radius 3 is 2.52 bits per heavy atom. The number of ether oxygens (including phenoxy) is 2. The van der Waals surface area contributed by atoms with Crippen LogP contribution >= 0.6 is 0 Å². The van der Waals surface area contributed by atoms with Gasteiger partial charge in [0.05, 0.1) is 24.2 Å². The smallest absolute Gasteiger partial charge is 0.255 e. The van der Waals surface area contributed by atoms with Gasteiger partial charge in [0.1, 0.15) is 5.75 Å². The second-order valence-corrected chi connectivity index (χ2v) is 8.09. The normalized spacial score (nSPS) is 17.1. The van der Waals surface area contributed by atoms with Gasteiger partial charge in [0.15, 0.2) is 0 Å². The van der Waals surface area contributed by atoms with Gasteiger partial charge >= 0.3 is 0 Å². The maximum absolute atomic E-state index is 12.8. The summed E-state index contributed by atoms with van der Waals surface area (Å²) in [5, 5.41) is 2.78. The van der Waals surface area contributed by atoms with E-state index in [2.05, 4.69) is 5.32 Å². The average Bonchev–Trinajstić information content (AvgIpc) is 2.62. The van der Waals surface area contributed by atoms with E-state index in [0.717, 1.165) is 19.3 Å². The molecule has 1 aliphatic rings. The van der Waals surface area contributed by atoms with Crippen LogP contribution in [-0.4, -0.2) is 58.6 Å². The molecule has 140 valence electrons. The van der Waals surface area contributed by atoms with Crippen LogP contribution in [0.2, 0.25) is 0 Å². The van der Waals surface area contributed by atoms with E-state index in [0.29, 0.717) is 25.4 Å². The summed E-state index contributed by atoms with van der Waals surface area (Å²) in [6, 6.07) is 4.19. The van der Waals surface area contributed by atoms with E-state index in [4.69, 9.17) is 9.47 Å². The van der Waals surface area contributed by atoms with Crippen molar-refractivity contribution in [2.45, 2.75) is 37.1 Å². The first-order chi connectivity index (χ1) is 11.9. The van der Waals surface area contributed by atoms with Crippen molar-refractivity contribution in [3.63, 3.8) is 0 Å². The maximum Gasteiger partial charge on any atom is 0.255 e. The standard InChI is InChI=1S/C17H26N2O5S/c1-13(12-23-2)18-17(20)15-11-14(7-8-16(15)24-3)25(21,22)19-9-5-4-6-10-19/h7-8,11,13H,4-6,9-10,12H2,1-3H3,(H,18,20)/t13-/m0/s1. The lowest BCUT2D eigenvalue weighted by Gasteiger charge is -2.26. The van der Waals surface area contributed by atoms with Crippen LogP contribution in [0.1, 0.15) is 36.5 Å². The largest absolute Gasteiger partial charge is 0.496 e. The van der Waals surface area contributed by atoms with Gasteiger partial charge in [-0.25, -0.2) is 8.42 Å². The molecule has 1 fully saturated rings. The first kappa shape index (κ1) is 19.7. The minimum absolute atomic E-state index is 0.111. The Labute approximate surface area is 149 Å². The SMILES string of the molecule is COC[C@H](C)NC(=O)c1cc(S(=O)(=O)N2CCCCC2)ccc1OC. The highest BCUT2D eigenvalue weighted by atomic mass is 32.2. The monoisotopic (exact) mass is 370 g/mol. The van der Waals surface area contributed by atoms with Crippen LogP contribution in [0, 0.1) is 0 Å². The summed E-state index contributed by atoms with van der Waals surface area (Å²) < 4.78 is 37.3. The fraction of sp³-hybridized carbons (Fsp3) is 0.588. The molecule has 0 aliphatic carbocycles. The maximum atomic E-state index is 12.8. The molecule has 0 bridgehead atoms. The Kier molecular flexibility index (Phi) is 6.80. The summed E-state index contributed by atoms with van der Waals surface area (Å²) in [5.41, 5.74) is 0.198. The third-order valence-electron chi connectivity index (χ3n) is 4.16. The lowest BCUT2D eigenvalue weighted by Crippen LogP contribution is -2.37. The number of methoxy groups -OCH3 is 2. The number of hydrogen-bond acceptors (Lipinski definition) is 5. The molecule has 0 spiro atoms. The number of nitrogens with one attached hydrogen (secondary N) is 1. The number of sulfonamides is 1. The third kappa shape index (κ3) is 4.71. The Hall–Kier alpha value is -1.64. The van der Waals surface area contributed by atoms with Crippen molar-refractivity contribution in [3.05, 3.63) is 23.8 Å². The highest BCUT2D eigenvalue weighted by molar-refractivity contribution is 7.89. The number of rotatable bonds is 7. The van der Waals surface area contributed by atoms with Gasteiger partial charge in [-0.15, -0.1) is 0 Å². The van der Waals surface area contributed by atoms with Crippen LogP contribution < -0.4 is 10.1 Å². The zero-order chi connectivity index (χ0) is 18.4. The molecule has 1 saturated heterocycles. The van der Waals surface area contributed by atoms with E-state index in [-0.39, 0.29) is 16.5 Å². The average molecular weight is 370 g/mol. The van der Waals surface area contributed by atoms with E-state index >= 15 is 0 Å². The molecule has 1 amide bonds. The number of carbonyl (C=O) groups is 1. The van der Waals surface area contributed by atoms with E-state index in [1.54, 1.807) is 7.11 Å². The van der Waals surface area contributed by atoms with Gasteiger partial charge in [-0.1, -0.05) is 6.42 Å². The predicted molar refractivity (Wildman–Crippen MR) is 94.4 cm³/mol. The number of benzene rings is 1. The summed E-state index contributed by atoms with van der Waals surface area (Å²) in [5.74, 6) is -0.0585. The third-order valence-corrected chi connectivity index (χ3v) is 6.06. The van der Waals surface area contributed by atoms with Crippen molar-refractivity contribution in [2.24, 2.45) is 0 Å².